The molecule has 2 aliphatic rings. The summed E-state index contributed by atoms with van der Waals surface area (Å²) in [4.78, 5) is 14.2. The lowest BCUT2D eigenvalue weighted by Crippen LogP contribution is -2.45. The summed E-state index contributed by atoms with van der Waals surface area (Å²) in [7, 11) is 0. The standard InChI is InChI=1S/C14H19NO3/c16-9-12-4-5-13(18-12)14(17)15-7-10-2-1-3-11(6-10)8-15/h4-5,10-11,16H,1-3,6-9H2. The quantitative estimate of drug-likeness (QED) is 0.872. The van der Waals surface area contributed by atoms with Crippen LogP contribution in [0.2, 0.25) is 0 Å². The Morgan fingerprint density at radius 1 is 1.33 bits per heavy atom. The first kappa shape index (κ1) is 11.8. The normalized spacial score (nSPS) is 27.3. The minimum atomic E-state index is -0.154. The van der Waals surface area contributed by atoms with Crippen LogP contribution in [0.25, 0.3) is 0 Å². The Labute approximate surface area is 107 Å². The second-order valence-electron chi connectivity index (χ2n) is 5.53. The number of carbonyl (C=O) groups excluding carboxylic acids is 1. The molecule has 1 aromatic rings. The topological polar surface area (TPSA) is 53.7 Å². The van der Waals surface area contributed by atoms with Crippen molar-refractivity contribution in [3.63, 3.8) is 0 Å². The zero-order chi connectivity index (χ0) is 12.5. The van der Waals surface area contributed by atoms with Gasteiger partial charge in [0.1, 0.15) is 12.4 Å². The van der Waals surface area contributed by atoms with E-state index in [0.717, 1.165) is 13.1 Å². The molecule has 1 aliphatic heterocycles. The van der Waals surface area contributed by atoms with Gasteiger partial charge in [0.25, 0.3) is 5.91 Å². The number of amides is 1. The highest BCUT2D eigenvalue weighted by molar-refractivity contribution is 5.91. The van der Waals surface area contributed by atoms with E-state index in [1.807, 2.05) is 4.90 Å². The average Bonchev–Trinajstić information content (AvgIpc) is 2.86. The van der Waals surface area contributed by atoms with Gasteiger partial charge in [0, 0.05) is 13.1 Å². The van der Waals surface area contributed by atoms with E-state index in [1.165, 1.54) is 25.7 Å². The van der Waals surface area contributed by atoms with Crippen molar-refractivity contribution in [2.75, 3.05) is 13.1 Å². The van der Waals surface area contributed by atoms with Crippen LogP contribution in [0, 0.1) is 11.8 Å². The fraction of sp³-hybridized carbons (Fsp3) is 0.643. The Hall–Kier alpha value is -1.29. The number of aliphatic hydroxyl groups is 1. The minimum absolute atomic E-state index is 0.0219. The fourth-order valence-electron chi connectivity index (χ4n) is 3.33. The van der Waals surface area contributed by atoms with Crippen LogP contribution in [0.3, 0.4) is 0 Å². The molecule has 2 unspecified atom stereocenters. The van der Waals surface area contributed by atoms with E-state index in [0.29, 0.717) is 23.4 Å². The van der Waals surface area contributed by atoms with Gasteiger partial charge >= 0.3 is 0 Å². The third kappa shape index (κ3) is 2.17. The van der Waals surface area contributed by atoms with Crippen LogP contribution in [0.5, 0.6) is 0 Å². The Balaban J connectivity index is 1.72. The molecule has 2 heterocycles. The molecule has 0 aromatic carbocycles. The van der Waals surface area contributed by atoms with Gasteiger partial charge in [-0.05, 0) is 43.2 Å². The van der Waals surface area contributed by atoms with Crippen LogP contribution in [0.15, 0.2) is 16.5 Å². The van der Waals surface area contributed by atoms with Crippen LogP contribution >= 0.6 is 0 Å². The van der Waals surface area contributed by atoms with Crippen molar-refractivity contribution in [1.29, 1.82) is 0 Å². The molecule has 2 fully saturated rings. The van der Waals surface area contributed by atoms with Gasteiger partial charge in [0.05, 0.1) is 0 Å². The van der Waals surface area contributed by atoms with Crippen LogP contribution in [0.4, 0.5) is 0 Å². The van der Waals surface area contributed by atoms with Gasteiger partial charge in [0.2, 0.25) is 0 Å². The number of likely N-dealkylation sites (tertiary alicyclic amines) is 1. The smallest absolute Gasteiger partial charge is 0.289 e. The molecular weight excluding hydrogens is 230 g/mol. The average molecular weight is 249 g/mol. The lowest BCUT2D eigenvalue weighted by Gasteiger charge is -2.41. The van der Waals surface area contributed by atoms with Crippen molar-refractivity contribution in [1.82, 2.24) is 4.90 Å². The van der Waals surface area contributed by atoms with Crippen LogP contribution < -0.4 is 0 Å². The molecular formula is C14H19NO3. The molecule has 0 spiro atoms. The van der Waals surface area contributed by atoms with Crippen LogP contribution in [-0.2, 0) is 6.61 Å². The number of hydrogen-bond donors (Lipinski definition) is 1. The highest BCUT2D eigenvalue weighted by Gasteiger charge is 2.33. The van der Waals surface area contributed by atoms with E-state index < -0.39 is 0 Å². The largest absolute Gasteiger partial charge is 0.453 e. The van der Waals surface area contributed by atoms with E-state index >= 15 is 0 Å². The van der Waals surface area contributed by atoms with E-state index in [2.05, 4.69) is 0 Å². The molecule has 1 N–H and O–H groups in total. The Bertz CT molecular complexity index is 428. The van der Waals surface area contributed by atoms with Gasteiger partial charge in [0.15, 0.2) is 5.76 Å². The van der Waals surface area contributed by atoms with E-state index in [4.69, 9.17) is 9.52 Å². The number of nitrogens with zero attached hydrogens (tertiary/aromatic N) is 1. The monoisotopic (exact) mass is 249 g/mol. The lowest BCUT2D eigenvalue weighted by molar-refractivity contribution is 0.0472. The van der Waals surface area contributed by atoms with Gasteiger partial charge < -0.3 is 14.4 Å². The molecule has 0 radical (unpaired) electrons. The predicted molar refractivity (Wildman–Crippen MR) is 66.0 cm³/mol. The van der Waals surface area contributed by atoms with Crippen molar-refractivity contribution in [3.05, 3.63) is 23.7 Å². The van der Waals surface area contributed by atoms with E-state index in [1.54, 1.807) is 12.1 Å². The minimum Gasteiger partial charge on any atom is -0.453 e. The predicted octanol–water partition coefficient (Wildman–Crippen LogP) is 2.03. The zero-order valence-electron chi connectivity index (χ0n) is 10.5. The summed E-state index contributed by atoms with van der Waals surface area (Å²) >= 11 is 0. The molecule has 18 heavy (non-hydrogen) atoms. The number of piperidine rings is 1. The molecule has 98 valence electrons. The summed E-state index contributed by atoms with van der Waals surface area (Å²) in [6, 6.07) is 3.33. The summed E-state index contributed by atoms with van der Waals surface area (Å²) in [6.07, 6.45) is 5.09. The second-order valence-corrected chi connectivity index (χ2v) is 5.53. The van der Waals surface area contributed by atoms with Gasteiger partial charge in [-0.15, -0.1) is 0 Å². The second kappa shape index (κ2) is 4.76. The van der Waals surface area contributed by atoms with Crippen molar-refractivity contribution in [2.45, 2.75) is 32.3 Å². The molecule has 4 heteroatoms. The SMILES string of the molecule is O=C(c1ccc(CO)o1)N1CC2CCCC(C2)C1. The molecule has 4 nitrogen and oxygen atoms in total. The highest BCUT2D eigenvalue weighted by atomic mass is 16.4. The molecule has 3 rings (SSSR count). The molecule has 2 bridgehead atoms. The summed E-state index contributed by atoms with van der Waals surface area (Å²) in [6.45, 7) is 1.58. The number of furan rings is 1. The summed E-state index contributed by atoms with van der Waals surface area (Å²) in [5.41, 5.74) is 0. The van der Waals surface area contributed by atoms with Crippen molar-refractivity contribution in [2.24, 2.45) is 11.8 Å². The highest BCUT2D eigenvalue weighted by Crippen LogP contribution is 2.34. The summed E-state index contributed by atoms with van der Waals surface area (Å²) < 4.78 is 5.33. The van der Waals surface area contributed by atoms with E-state index in [-0.39, 0.29) is 12.5 Å². The molecule has 2 atom stereocenters. The first-order valence-corrected chi connectivity index (χ1v) is 6.75. The van der Waals surface area contributed by atoms with Crippen LogP contribution in [-0.4, -0.2) is 29.0 Å². The third-order valence-electron chi connectivity index (χ3n) is 4.16. The maximum absolute atomic E-state index is 12.3. The molecule has 1 aromatic heterocycles. The molecule has 1 saturated heterocycles. The van der Waals surface area contributed by atoms with Crippen LogP contribution in [0.1, 0.15) is 42.0 Å². The number of fused-ring (bicyclic) bond motifs is 2. The molecule has 1 amide bonds. The summed E-state index contributed by atoms with van der Waals surface area (Å²) in [5.74, 6) is 2.14. The van der Waals surface area contributed by atoms with Crippen molar-refractivity contribution in [3.8, 4) is 0 Å². The zero-order valence-corrected chi connectivity index (χ0v) is 10.5. The van der Waals surface area contributed by atoms with Gasteiger partial charge in [-0.25, -0.2) is 0 Å². The maximum Gasteiger partial charge on any atom is 0.289 e. The Morgan fingerprint density at radius 2 is 2.06 bits per heavy atom. The number of carbonyl (C=O) groups is 1. The number of hydrogen-bond acceptors (Lipinski definition) is 3. The van der Waals surface area contributed by atoms with Crippen molar-refractivity contribution < 1.29 is 14.3 Å². The lowest BCUT2D eigenvalue weighted by atomic mass is 9.78. The first-order valence-electron chi connectivity index (χ1n) is 6.75. The third-order valence-corrected chi connectivity index (χ3v) is 4.16. The molecule has 1 aliphatic carbocycles. The Kier molecular flexibility index (Phi) is 3.12. The fourth-order valence-corrected chi connectivity index (χ4v) is 3.33. The summed E-state index contributed by atoms with van der Waals surface area (Å²) in [5, 5.41) is 8.96. The van der Waals surface area contributed by atoms with Gasteiger partial charge in [-0.3, -0.25) is 4.79 Å². The number of rotatable bonds is 2. The maximum atomic E-state index is 12.3. The van der Waals surface area contributed by atoms with E-state index in [9.17, 15) is 4.79 Å². The van der Waals surface area contributed by atoms with Gasteiger partial charge in [-0.2, -0.15) is 0 Å². The molecule has 1 saturated carbocycles. The number of aliphatic hydroxyl groups excluding tert-OH is 1. The Morgan fingerprint density at radius 3 is 2.67 bits per heavy atom. The van der Waals surface area contributed by atoms with Crippen molar-refractivity contribution >= 4 is 5.91 Å². The first-order chi connectivity index (χ1) is 8.76. The van der Waals surface area contributed by atoms with Gasteiger partial charge in [-0.1, -0.05) is 6.42 Å².